The van der Waals surface area contributed by atoms with Crippen LogP contribution >= 0.6 is 0 Å². The number of carbonyl (C=O) groups is 3. The van der Waals surface area contributed by atoms with Gasteiger partial charge in [0.15, 0.2) is 0 Å². The first kappa shape index (κ1) is 28.2. The molecule has 3 heterocycles. The van der Waals surface area contributed by atoms with Gasteiger partial charge >= 0.3 is 12.1 Å². The number of ether oxygens (including phenoxy) is 2. The highest BCUT2D eigenvalue weighted by atomic mass is 19.1. The van der Waals surface area contributed by atoms with Crippen molar-refractivity contribution in [2.24, 2.45) is 11.7 Å². The summed E-state index contributed by atoms with van der Waals surface area (Å²) < 4.78 is 25.5. The lowest BCUT2D eigenvalue weighted by molar-refractivity contribution is -0.148. The minimum atomic E-state index is -0.744. The molecule has 3 unspecified atom stereocenters. The summed E-state index contributed by atoms with van der Waals surface area (Å²) in [6, 6.07) is 12.1. The van der Waals surface area contributed by atoms with Crippen molar-refractivity contribution in [2.45, 2.75) is 75.8 Å². The van der Waals surface area contributed by atoms with Crippen LogP contribution < -0.4 is 5.73 Å². The summed E-state index contributed by atoms with van der Waals surface area (Å²) >= 11 is 0. The lowest BCUT2D eigenvalue weighted by Gasteiger charge is -2.33. The van der Waals surface area contributed by atoms with Gasteiger partial charge < -0.3 is 25.1 Å². The van der Waals surface area contributed by atoms with Crippen LogP contribution in [0.25, 0.3) is 10.9 Å². The van der Waals surface area contributed by atoms with Gasteiger partial charge in [-0.05, 0) is 48.1 Å². The highest BCUT2D eigenvalue weighted by molar-refractivity contribution is 5.86. The zero-order valence-electron chi connectivity index (χ0n) is 23.7. The molecule has 6 rings (SSSR count). The van der Waals surface area contributed by atoms with E-state index < -0.39 is 36.3 Å². The summed E-state index contributed by atoms with van der Waals surface area (Å²) in [5.74, 6) is -1.31. The summed E-state index contributed by atoms with van der Waals surface area (Å²) in [5.41, 5.74) is 8.95. The van der Waals surface area contributed by atoms with E-state index in [2.05, 4.69) is 4.98 Å². The molecule has 9 nitrogen and oxygen atoms in total. The Hall–Kier alpha value is -3.92. The summed E-state index contributed by atoms with van der Waals surface area (Å²) in [6.07, 6.45) is 5.55. The van der Waals surface area contributed by atoms with Crippen LogP contribution in [0.3, 0.4) is 0 Å². The maximum Gasteiger partial charge on any atom is 0.410 e. The normalized spacial score (nSPS) is 24.9. The van der Waals surface area contributed by atoms with Crippen LogP contribution in [0, 0.1) is 11.7 Å². The first-order chi connectivity index (χ1) is 20.3. The summed E-state index contributed by atoms with van der Waals surface area (Å²) in [7, 11) is 0. The Morgan fingerprint density at radius 2 is 1.79 bits per heavy atom. The Morgan fingerprint density at radius 3 is 2.52 bits per heavy atom. The summed E-state index contributed by atoms with van der Waals surface area (Å²) in [4.78, 5) is 46.4. The van der Waals surface area contributed by atoms with Crippen LogP contribution in [-0.4, -0.2) is 70.1 Å². The number of aromatic nitrogens is 1. The molecule has 1 saturated carbocycles. The van der Waals surface area contributed by atoms with E-state index in [1.54, 1.807) is 15.9 Å². The van der Waals surface area contributed by atoms with Crippen molar-refractivity contribution in [1.82, 2.24) is 14.8 Å². The molecule has 2 amide bonds. The van der Waals surface area contributed by atoms with E-state index in [1.165, 1.54) is 19.1 Å². The monoisotopic (exact) mass is 576 g/mol. The molecule has 0 spiro atoms. The molecule has 10 heteroatoms. The Bertz CT molecular complexity index is 1460. The van der Waals surface area contributed by atoms with Crippen LogP contribution in [0.2, 0.25) is 0 Å². The minimum absolute atomic E-state index is 0.0814. The van der Waals surface area contributed by atoms with E-state index in [1.807, 2.05) is 36.5 Å². The molecule has 5 atom stereocenters. The number of nitrogens with one attached hydrogen (secondary N) is 1. The number of hydrogen-bond donors (Lipinski definition) is 2. The number of nitrogens with zero attached hydrogens (tertiary/aromatic N) is 2. The smallest absolute Gasteiger partial charge is 0.410 e. The number of fused-ring (bicyclic) bond motifs is 2. The molecule has 2 aliphatic heterocycles. The van der Waals surface area contributed by atoms with Gasteiger partial charge in [-0.25, -0.2) is 9.18 Å². The van der Waals surface area contributed by atoms with E-state index in [-0.39, 0.29) is 43.3 Å². The lowest BCUT2D eigenvalue weighted by Crippen LogP contribution is -2.52. The lowest BCUT2D eigenvalue weighted by atomic mass is 9.83. The predicted molar refractivity (Wildman–Crippen MR) is 154 cm³/mol. The second-order valence-corrected chi connectivity index (χ2v) is 11.8. The molecule has 3 fully saturated rings. The maximum atomic E-state index is 14.1. The number of esters is 1. The van der Waals surface area contributed by atoms with Crippen molar-refractivity contribution < 1.29 is 28.2 Å². The Balaban J connectivity index is 1.36. The Kier molecular flexibility index (Phi) is 7.90. The first-order valence-corrected chi connectivity index (χ1v) is 14.8. The third-order valence-corrected chi connectivity index (χ3v) is 9.19. The molecule has 0 bridgehead atoms. The fraction of sp³-hybridized carbons (Fsp3) is 0.469. The molecule has 222 valence electrons. The molecule has 2 saturated heterocycles. The Morgan fingerprint density at radius 1 is 1.02 bits per heavy atom. The highest BCUT2D eigenvalue weighted by Gasteiger charge is 2.59. The SMILES string of the molecule is CC(=O)OC1CN(C(=O)C(N)C2CCCCC2)[C@@H]2C(c3c[nH]c4cc(F)ccc34)CN(C(=O)OCc3ccccc3)[C@H]12. The van der Waals surface area contributed by atoms with Gasteiger partial charge in [0.25, 0.3) is 0 Å². The number of amides is 2. The molecule has 1 aliphatic carbocycles. The van der Waals surface area contributed by atoms with Gasteiger partial charge in [0, 0.05) is 36.5 Å². The molecular weight excluding hydrogens is 539 g/mol. The quantitative estimate of drug-likeness (QED) is 0.419. The molecule has 3 N–H and O–H groups in total. The van der Waals surface area contributed by atoms with Crippen LogP contribution in [0.1, 0.15) is 56.1 Å². The number of halogens is 1. The summed E-state index contributed by atoms with van der Waals surface area (Å²) in [6.45, 7) is 1.77. The number of nitrogens with two attached hydrogens (primary N) is 1. The highest BCUT2D eigenvalue weighted by Crippen LogP contribution is 2.45. The van der Waals surface area contributed by atoms with Crippen molar-refractivity contribution in [1.29, 1.82) is 0 Å². The number of rotatable bonds is 6. The summed E-state index contributed by atoms with van der Waals surface area (Å²) in [5, 5.41) is 0.805. The van der Waals surface area contributed by atoms with E-state index in [0.29, 0.717) is 5.52 Å². The second-order valence-electron chi connectivity index (χ2n) is 11.8. The minimum Gasteiger partial charge on any atom is -0.458 e. The van der Waals surface area contributed by atoms with Gasteiger partial charge in [0.2, 0.25) is 5.91 Å². The van der Waals surface area contributed by atoms with Gasteiger partial charge in [0.1, 0.15) is 18.5 Å². The van der Waals surface area contributed by atoms with Crippen molar-refractivity contribution in [3.63, 3.8) is 0 Å². The number of benzene rings is 2. The molecule has 3 aromatic rings. The van der Waals surface area contributed by atoms with Crippen LogP contribution in [0.5, 0.6) is 0 Å². The average Bonchev–Trinajstić information content (AvgIpc) is 3.69. The van der Waals surface area contributed by atoms with E-state index in [9.17, 15) is 18.8 Å². The number of hydrogen-bond acceptors (Lipinski definition) is 6. The fourth-order valence-corrected chi connectivity index (χ4v) is 7.26. The number of aromatic amines is 1. The van der Waals surface area contributed by atoms with Crippen LogP contribution in [0.4, 0.5) is 9.18 Å². The van der Waals surface area contributed by atoms with Gasteiger partial charge in [-0.1, -0.05) is 49.6 Å². The van der Waals surface area contributed by atoms with E-state index >= 15 is 0 Å². The van der Waals surface area contributed by atoms with Crippen molar-refractivity contribution >= 4 is 28.9 Å². The number of H-pyrrole nitrogens is 1. The van der Waals surface area contributed by atoms with Gasteiger partial charge in [-0.3, -0.25) is 14.5 Å². The second kappa shape index (κ2) is 11.8. The van der Waals surface area contributed by atoms with Crippen LogP contribution in [-0.2, 0) is 25.7 Å². The van der Waals surface area contributed by atoms with Gasteiger partial charge in [0.05, 0.1) is 24.7 Å². The maximum absolute atomic E-state index is 14.1. The number of likely N-dealkylation sites (tertiary alicyclic amines) is 2. The topological polar surface area (TPSA) is 118 Å². The first-order valence-electron chi connectivity index (χ1n) is 14.8. The molecule has 0 radical (unpaired) electrons. The zero-order chi connectivity index (χ0) is 29.4. The molecule has 3 aliphatic rings. The average molecular weight is 577 g/mol. The Labute approximate surface area is 244 Å². The predicted octanol–water partition coefficient (Wildman–Crippen LogP) is 4.46. The van der Waals surface area contributed by atoms with Crippen molar-refractivity contribution in [3.8, 4) is 0 Å². The van der Waals surface area contributed by atoms with Gasteiger partial charge in [-0.2, -0.15) is 0 Å². The third kappa shape index (κ3) is 5.35. The van der Waals surface area contributed by atoms with Crippen LogP contribution in [0.15, 0.2) is 54.7 Å². The van der Waals surface area contributed by atoms with Crippen molar-refractivity contribution in [2.75, 3.05) is 13.1 Å². The largest absolute Gasteiger partial charge is 0.458 e. The molecular formula is C32H37FN4O5. The molecule has 42 heavy (non-hydrogen) atoms. The van der Waals surface area contributed by atoms with E-state index in [4.69, 9.17) is 15.2 Å². The standard InChI is InChI=1S/C32H37FN4O5/c1-19(38)42-27-17-36(31(39)28(34)21-10-6-3-7-11-21)29-25(24-15-35-26-14-22(33)12-13-23(24)26)16-37(30(27)29)32(40)41-18-20-8-4-2-5-9-20/h2,4-5,8-9,12-15,21,25,27-30,35H,3,6-7,10-11,16-18,34H2,1H3/t25?,27?,28?,29-,30-/m1/s1. The molecule has 2 aromatic carbocycles. The number of carbonyl (C=O) groups excluding carboxylic acids is 3. The van der Waals surface area contributed by atoms with Gasteiger partial charge in [-0.15, -0.1) is 0 Å². The third-order valence-electron chi connectivity index (χ3n) is 9.19. The van der Waals surface area contributed by atoms with E-state index in [0.717, 1.165) is 48.6 Å². The zero-order valence-corrected chi connectivity index (χ0v) is 23.7. The molecule has 1 aromatic heterocycles. The van der Waals surface area contributed by atoms with Crippen molar-refractivity contribution in [3.05, 3.63) is 71.7 Å². The fourth-order valence-electron chi connectivity index (χ4n) is 7.26.